The minimum absolute atomic E-state index is 0.0733. The van der Waals surface area contributed by atoms with Crippen LogP contribution in [0, 0.1) is 0 Å². The highest BCUT2D eigenvalue weighted by molar-refractivity contribution is 6.69. The summed E-state index contributed by atoms with van der Waals surface area (Å²) in [5.41, 5.74) is 0.292. The Labute approximate surface area is 86.7 Å². The van der Waals surface area contributed by atoms with Crippen LogP contribution in [0.25, 0.3) is 0 Å². The van der Waals surface area contributed by atoms with E-state index in [-0.39, 0.29) is 12.2 Å². The van der Waals surface area contributed by atoms with Gasteiger partial charge in [0.15, 0.2) is 0 Å². The van der Waals surface area contributed by atoms with Crippen molar-refractivity contribution in [1.29, 1.82) is 0 Å². The van der Waals surface area contributed by atoms with Crippen molar-refractivity contribution < 1.29 is 13.3 Å². The zero-order valence-corrected chi connectivity index (χ0v) is 10.7. The molecule has 0 rings (SSSR count). The molecule has 0 N–H and O–H groups in total. The van der Waals surface area contributed by atoms with Crippen LogP contribution in [-0.2, 0) is 13.3 Å². The van der Waals surface area contributed by atoms with Gasteiger partial charge in [-0.15, -0.1) is 11.6 Å². The first-order chi connectivity index (χ1) is 5.95. The molecule has 0 aliphatic rings. The number of alkyl halides is 1. The molecule has 0 aliphatic carbocycles. The lowest BCUT2D eigenvalue weighted by molar-refractivity contribution is 0.0376. The summed E-state index contributed by atoms with van der Waals surface area (Å²) >= 11 is 5.80. The predicted octanol–water partition coefficient (Wildman–Crippen LogP) is 2.20. The van der Waals surface area contributed by atoms with Gasteiger partial charge in [-0.25, -0.2) is 0 Å². The molecule has 0 radical (unpaired) electrons. The van der Waals surface area contributed by atoms with E-state index in [1.165, 1.54) is 0 Å². The third-order valence-corrected chi connectivity index (χ3v) is 4.90. The van der Waals surface area contributed by atoms with Crippen LogP contribution < -0.4 is 0 Å². The molecule has 5 heteroatoms. The van der Waals surface area contributed by atoms with Crippen LogP contribution in [0.4, 0.5) is 0 Å². The Balaban J connectivity index is 4.30. The van der Waals surface area contributed by atoms with E-state index >= 15 is 0 Å². The lowest BCUT2D eigenvalue weighted by Crippen LogP contribution is -2.50. The van der Waals surface area contributed by atoms with Crippen LogP contribution >= 0.6 is 11.6 Å². The summed E-state index contributed by atoms with van der Waals surface area (Å²) in [6, 6.07) is 0. The first kappa shape index (κ1) is 13.4. The normalized spacial score (nSPS) is 12.9. The van der Waals surface area contributed by atoms with E-state index in [1.807, 2.05) is 27.7 Å². The van der Waals surface area contributed by atoms with Gasteiger partial charge in [0.1, 0.15) is 0 Å². The Bertz CT molecular complexity index is 125. The van der Waals surface area contributed by atoms with E-state index in [0.717, 1.165) is 0 Å². The SMILES string of the molecule is CO[Si](CCl)(OC(C)C)OC(C)C. The molecule has 0 amide bonds. The number of hydrogen-bond acceptors (Lipinski definition) is 3. The standard InChI is InChI=1S/C8H19ClO3Si/c1-7(2)11-13(6-9,10-5)12-8(3)4/h7-8H,6H2,1-5H3. The molecule has 0 heterocycles. The minimum Gasteiger partial charge on any atom is -0.376 e. The third kappa shape index (κ3) is 4.98. The van der Waals surface area contributed by atoms with E-state index in [0.29, 0.717) is 5.50 Å². The average molecular weight is 227 g/mol. The fraction of sp³-hybridized carbons (Fsp3) is 1.00. The molecule has 0 unspecified atom stereocenters. The monoisotopic (exact) mass is 226 g/mol. The van der Waals surface area contributed by atoms with E-state index in [1.54, 1.807) is 7.11 Å². The van der Waals surface area contributed by atoms with Crippen LogP contribution in [0.15, 0.2) is 0 Å². The maximum atomic E-state index is 5.80. The van der Waals surface area contributed by atoms with E-state index in [9.17, 15) is 0 Å². The zero-order chi connectivity index (χ0) is 10.5. The molecule has 0 atom stereocenters. The van der Waals surface area contributed by atoms with Crippen LogP contribution in [0.5, 0.6) is 0 Å². The topological polar surface area (TPSA) is 27.7 Å². The highest BCUT2D eigenvalue weighted by Gasteiger charge is 2.41. The van der Waals surface area contributed by atoms with Gasteiger partial charge in [-0.05, 0) is 27.7 Å². The Morgan fingerprint density at radius 1 is 1.08 bits per heavy atom. The smallest absolute Gasteiger partial charge is 0.376 e. The summed E-state index contributed by atoms with van der Waals surface area (Å²) in [6.07, 6.45) is 0.147. The lowest BCUT2D eigenvalue weighted by Gasteiger charge is -2.29. The Kier molecular flexibility index (Phi) is 6.16. The van der Waals surface area contributed by atoms with Crippen molar-refractivity contribution >= 4 is 20.4 Å². The molecule has 0 bridgehead atoms. The van der Waals surface area contributed by atoms with Gasteiger partial charge >= 0.3 is 8.80 Å². The van der Waals surface area contributed by atoms with E-state index in [2.05, 4.69) is 0 Å². The van der Waals surface area contributed by atoms with Crippen molar-refractivity contribution in [2.24, 2.45) is 0 Å². The molecule has 3 nitrogen and oxygen atoms in total. The molecule has 0 spiro atoms. The molecule has 13 heavy (non-hydrogen) atoms. The summed E-state index contributed by atoms with van der Waals surface area (Å²) in [4.78, 5) is 0. The molecular formula is C8H19ClO3Si. The van der Waals surface area contributed by atoms with Gasteiger partial charge in [0.2, 0.25) is 0 Å². The summed E-state index contributed by atoms with van der Waals surface area (Å²) < 4.78 is 16.5. The molecule has 0 saturated heterocycles. The molecule has 0 aromatic rings. The van der Waals surface area contributed by atoms with Gasteiger partial charge in [0, 0.05) is 19.3 Å². The van der Waals surface area contributed by atoms with Crippen LogP contribution in [0.2, 0.25) is 0 Å². The molecule has 0 aliphatic heterocycles. The molecule has 0 saturated carbocycles. The van der Waals surface area contributed by atoms with Gasteiger partial charge in [0.25, 0.3) is 0 Å². The van der Waals surface area contributed by atoms with Crippen LogP contribution in [0.1, 0.15) is 27.7 Å². The van der Waals surface area contributed by atoms with Crippen LogP contribution in [-0.4, -0.2) is 33.6 Å². The van der Waals surface area contributed by atoms with Crippen molar-refractivity contribution in [3.8, 4) is 0 Å². The molecule has 0 aromatic carbocycles. The zero-order valence-electron chi connectivity index (χ0n) is 8.96. The average Bonchev–Trinajstić information content (AvgIpc) is 2.01. The summed E-state index contributed by atoms with van der Waals surface area (Å²) in [5.74, 6) is 0. The first-order valence-electron chi connectivity index (χ1n) is 4.42. The van der Waals surface area contributed by atoms with Crippen molar-refractivity contribution in [3.05, 3.63) is 0 Å². The van der Waals surface area contributed by atoms with Crippen molar-refractivity contribution in [2.45, 2.75) is 39.9 Å². The fourth-order valence-corrected chi connectivity index (χ4v) is 3.58. The maximum absolute atomic E-state index is 5.80. The molecule has 80 valence electrons. The number of rotatable bonds is 6. The molecule has 0 fully saturated rings. The highest BCUT2D eigenvalue weighted by Crippen LogP contribution is 2.15. The van der Waals surface area contributed by atoms with Gasteiger partial charge < -0.3 is 13.3 Å². The van der Waals surface area contributed by atoms with Gasteiger partial charge in [-0.1, -0.05) is 0 Å². The summed E-state index contributed by atoms with van der Waals surface area (Å²) in [6.45, 7) is 7.77. The minimum atomic E-state index is -2.60. The van der Waals surface area contributed by atoms with E-state index in [4.69, 9.17) is 24.9 Å². The third-order valence-electron chi connectivity index (χ3n) is 1.31. The van der Waals surface area contributed by atoms with Gasteiger partial charge in [-0.3, -0.25) is 0 Å². The number of halogens is 1. The second kappa shape index (κ2) is 5.98. The second-order valence-corrected chi connectivity index (χ2v) is 6.67. The van der Waals surface area contributed by atoms with Gasteiger partial charge in [0.05, 0.1) is 5.50 Å². The number of hydrogen-bond donors (Lipinski definition) is 0. The Morgan fingerprint density at radius 3 is 1.62 bits per heavy atom. The summed E-state index contributed by atoms with van der Waals surface area (Å²) in [7, 11) is -1.02. The first-order valence-corrected chi connectivity index (χ1v) is 6.89. The Hall–Kier alpha value is 0.387. The molecule has 0 aromatic heterocycles. The quantitative estimate of drug-likeness (QED) is 0.514. The Morgan fingerprint density at radius 2 is 1.46 bits per heavy atom. The van der Waals surface area contributed by atoms with E-state index < -0.39 is 8.80 Å². The fourth-order valence-electron chi connectivity index (χ4n) is 0.960. The van der Waals surface area contributed by atoms with Crippen molar-refractivity contribution in [2.75, 3.05) is 12.6 Å². The van der Waals surface area contributed by atoms with Crippen LogP contribution in [0.3, 0.4) is 0 Å². The summed E-state index contributed by atoms with van der Waals surface area (Å²) in [5, 5.41) is 0. The second-order valence-electron chi connectivity index (χ2n) is 3.35. The van der Waals surface area contributed by atoms with Crippen molar-refractivity contribution in [1.82, 2.24) is 0 Å². The lowest BCUT2D eigenvalue weighted by atomic mass is 10.5. The largest absolute Gasteiger partial charge is 0.516 e. The maximum Gasteiger partial charge on any atom is 0.516 e. The molecular weight excluding hydrogens is 208 g/mol. The van der Waals surface area contributed by atoms with Crippen molar-refractivity contribution in [3.63, 3.8) is 0 Å². The highest BCUT2D eigenvalue weighted by atomic mass is 35.5. The predicted molar refractivity (Wildman–Crippen MR) is 55.9 cm³/mol. The van der Waals surface area contributed by atoms with Gasteiger partial charge in [-0.2, -0.15) is 0 Å².